The lowest BCUT2D eigenvalue weighted by atomic mass is 10.2. The minimum atomic E-state index is -4.77. The lowest BCUT2D eigenvalue weighted by molar-refractivity contribution is 0.306. The number of ether oxygens (including phenoxy) is 1. The van der Waals surface area contributed by atoms with Gasteiger partial charge in [-0.3, -0.25) is 4.72 Å². The van der Waals surface area contributed by atoms with Crippen molar-refractivity contribution in [2.24, 2.45) is 0 Å². The van der Waals surface area contributed by atoms with Crippen molar-refractivity contribution in [3.05, 3.63) is 66.7 Å². The molecule has 0 spiro atoms. The van der Waals surface area contributed by atoms with Crippen molar-refractivity contribution in [1.82, 2.24) is 14.8 Å². The maximum atomic E-state index is 12.5. The number of benzene rings is 2. The van der Waals surface area contributed by atoms with Crippen LogP contribution in [0.15, 0.2) is 61.2 Å². The van der Waals surface area contributed by atoms with Gasteiger partial charge in [0.1, 0.15) is 25.0 Å². The third-order valence-electron chi connectivity index (χ3n) is 3.12. The van der Waals surface area contributed by atoms with Crippen LogP contribution in [0.25, 0.3) is 5.69 Å². The van der Waals surface area contributed by atoms with Crippen molar-refractivity contribution < 1.29 is 17.0 Å². The molecular weight excluding hydrogens is 335 g/mol. The molecular formula is C15H13FN4O3S. The first-order chi connectivity index (χ1) is 11.5. The van der Waals surface area contributed by atoms with Crippen molar-refractivity contribution in [1.29, 1.82) is 0 Å². The smallest absolute Gasteiger partial charge is 0.396 e. The van der Waals surface area contributed by atoms with E-state index in [4.69, 9.17) is 4.74 Å². The maximum absolute atomic E-state index is 12.5. The number of rotatable bonds is 6. The van der Waals surface area contributed by atoms with E-state index in [1.165, 1.54) is 18.5 Å². The molecule has 3 aromatic rings. The van der Waals surface area contributed by atoms with Crippen LogP contribution in [0.1, 0.15) is 5.56 Å². The van der Waals surface area contributed by atoms with E-state index in [-0.39, 0.29) is 5.69 Å². The SMILES string of the molecule is O=S(=O)(F)Nc1ccc(OCc2ccc(-n3cncn3)cc2)cc1. The molecule has 0 amide bonds. The Kier molecular flexibility index (Phi) is 4.43. The van der Waals surface area contributed by atoms with Crippen molar-refractivity contribution in [3.8, 4) is 11.4 Å². The average molecular weight is 348 g/mol. The van der Waals surface area contributed by atoms with Crippen molar-refractivity contribution in [3.63, 3.8) is 0 Å². The predicted octanol–water partition coefficient (Wildman–Crippen LogP) is 2.47. The molecule has 9 heteroatoms. The normalized spacial score (nSPS) is 11.2. The molecule has 3 rings (SSSR count). The van der Waals surface area contributed by atoms with Gasteiger partial charge in [0.05, 0.1) is 11.4 Å². The van der Waals surface area contributed by atoms with Gasteiger partial charge in [-0.2, -0.15) is 13.5 Å². The fraction of sp³-hybridized carbons (Fsp3) is 0.0667. The molecule has 2 aromatic carbocycles. The summed E-state index contributed by atoms with van der Waals surface area (Å²) in [5.41, 5.74) is 1.97. The number of anilines is 1. The van der Waals surface area contributed by atoms with Crippen LogP contribution in [0.3, 0.4) is 0 Å². The van der Waals surface area contributed by atoms with Gasteiger partial charge in [-0.25, -0.2) is 9.67 Å². The Bertz CT molecular complexity index is 895. The molecule has 0 saturated carbocycles. The topological polar surface area (TPSA) is 86.1 Å². The van der Waals surface area contributed by atoms with Gasteiger partial charge < -0.3 is 4.74 Å². The third-order valence-corrected chi connectivity index (χ3v) is 3.60. The summed E-state index contributed by atoms with van der Waals surface area (Å²) in [6, 6.07) is 13.5. The van der Waals surface area contributed by atoms with E-state index < -0.39 is 10.4 Å². The van der Waals surface area contributed by atoms with Crippen molar-refractivity contribution in [2.45, 2.75) is 6.61 Å². The summed E-state index contributed by atoms with van der Waals surface area (Å²) in [5, 5.41) is 4.04. The fourth-order valence-corrected chi connectivity index (χ4v) is 2.43. The van der Waals surface area contributed by atoms with Gasteiger partial charge in [0.15, 0.2) is 0 Å². The van der Waals surface area contributed by atoms with Crippen LogP contribution in [-0.2, 0) is 17.0 Å². The average Bonchev–Trinajstić information content (AvgIpc) is 3.08. The van der Waals surface area contributed by atoms with E-state index in [1.54, 1.807) is 27.9 Å². The second-order valence-corrected chi connectivity index (χ2v) is 5.94. The van der Waals surface area contributed by atoms with E-state index in [2.05, 4.69) is 10.1 Å². The van der Waals surface area contributed by atoms with Crippen LogP contribution in [0.2, 0.25) is 0 Å². The quantitative estimate of drug-likeness (QED) is 0.692. The van der Waals surface area contributed by atoms with Gasteiger partial charge in [0.2, 0.25) is 0 Å². The monoisotopic (exact) mass is 348 g/mol. The molecule has 24 heavy (non-hydrogen) atoms. The van der Waals surface area contributed by atoms with Crippen molar-refractivity contribution >= 4 is 16.1 Å². The molecule has 0 bridgehead atoms. The molecule has 0 aliphatic carbocycles. The first-order valence-corrected chi connectivity index (χ1v) is 8.27. The third kappa shape index (κ3) is 4.29. The Balaban J connectivity index is 1.59. The van der Waals surface area contributed by atoms with Crippen LogP contribution >= 0.6 is 0 Å². The first-order valence-electron chi connectivity index (χ1n) is 6.89. The summed E-state index contributed by atoms with van der Waals surface area (Å²) in [6.07, 6.45) is 3.07. The highest BCUT2D eigenvalue weighted by atomic mass is 32.3. The van der Waals surface area contributed by atoms with E-state index in [9.17, 15) is 12.3 Å². The Hall–Kier alpha value is -2.94. The summed E-state index contributed by atoms with van der Waals surface area (Å²) in [6.45, 7) is 0.339. The molecule has 0 aliphatic rings. The summed E-state index contributed by atoms with van der Waals surface area (Å²) in [4.78, 5) is 3.89. The number of nitrogens with zero attached hydrogens (tertiary/aromatic N) is 3. The highest BCUT2D eigenvalue weighted by Crippen LogP contribution is 2.18. The predicted molar refractivity (Wildman–Crippen MR) is 85.8 cm³/mol. The van der Waals surface area contributed by atoms with Gasteiger partial charge >= 0.3 is 10.4 Å². The number of aromatic nitrogens is 3. The number of nitrogens with one attached hydrogen (secondary N) is 1. The minimum Gasteiger partial charge on any atom is -0.489 e. The second kappa shape index (κ2) is 6.67. The van der Waals surface area contributed by atoms with E-state index in [1.807, 2.05) is 24.3 Å². The Morgan fingerprint density at radius 2 is 1.79 bits per heavy atom. The minimum absolute atomic E-state index is 0.127. The van der Waals surface area contributed by atoms with Gasteiger partial charge in [0, 0.05) is 0 Å². The van der Waals surface area contributed by atoms with Crippen LogP contribution < -0.4 is 9.46 Å². The number of hydrogen-bond acceptors (Lipinski definition) is 5. The van der Waals surface area contributed by atoms with Gasteiger partial charge in [-0.05, 0) is 42.0 Å². The zero-order valence-electron chi connectivity index (χ0n) is 12.3. The highest BCUT2D eigenvalue weighted by molar-refractivity contribution is 7.87. The summed E-state index contributed by atoms with van der Waals surface area (Å²) >= 11 is 0. The standard InChI is InChI=1S/C15H13FN4O3S/c16-24(21,22)19-13-3-7-15(8-4-13)23-9-12-1-5-14(6-2-12)20-11-17-10-18-20/h1-8,10-11,19H,9H2. The van der Waals surface area contributed by atoms with Crippen LogP contribution in [-0.4, -0.2) is 23.2 Å². The summed E-state index contributed by atoms with van der Waals surface area (Å²) in [7, 11) is -4.77. The molecule has 124 valence electrons. The Morgan fingerprint density at radius 3 is 2.38 bits per heavy atom. The first kappa shape index (κ1) is 15.9. The molecule has 0 unspecified atom stereocenters. The Morgan fingerprint density at radius 1 is 1.08 bits per heavy atom. The Labute approximate surface area is 138 Å². The van der Waals surface area contributed by atoms with Gasteiger partial charge in [-0.15, -0.1) is 0 Å². The maximum Gasteiger partial charge on any atom is 0.396 e. The van der Waals surface area contributed by atoms with Crippen LogP contribution in [0, 0.1) is 0 Å². The molecule has 1 N–H and O–H groups in total. The summed E-state index contributed by atoms with van der Waals surface area (Å²) in [5.74, 6) is 0.539. The molecule has 0 fully saturated rings. The lowest BCUT2D eigenvalue weighted by Crippen LogP contribution is -2.05. The van der Waals surface area contributed by atoms with E-state index >= 15 is 0 Å². The van der Waals surface area contributed by atoms with Gasteiger partial charge in [0.25, 0.3) is 0 Å². The zero-order valence-corrected chi connectivity index (χ0v) is 13.1. The number of halogens is 1. The molecule has 1 aromatic heterocycles. The van der Waals surface area contributed by atoms with Crippen molar-refractivity contribution in [2.75, 3.05) is 4.72 Å². The van der Waals surface area contributed by atoms with Crippen LogP contribution in [0.4, 0.5) is 9.57 Å². The molecule has 7 nitrogen and oxygen atoms in total. The molecule has 0 saturated heterocycles. The zero-order chi connectivity index (χ0) is 17.0. The fourth-order valence-electron chi connectivity index (χ4n) is 2.01. The number of hydrogen-bond donors (Lipinski definition) is 1. The van der Waals surface area contributed by atoms with Crippen LogP contribution in [0.5, 0.6) is 5.75 Å². The highest BCUT2D eigenvalue weighted by Gasteiger charge is 2.06. The molecule has 1 heterocycles. The largest absolute Gasteiger partial charge is 0.489 e. The van der Waals surface area contributed by atoms with E-state index in [0.29, 0.717) is 12.4 Å². The summed E-state index contributed by atoms with van der Waals surface area (Å²) < 4.78 is 42.5. The molecule has 0 aliphatic heterocycles. The van der Waals surface area contributed by atoms with E-state index in [0.717, 1.165) is 11.3 Å². The lowest BCUT2D eigenvalue weighted by Gasteiger charge is -2.08. The van der Waals surface area contributed by atoms with Gasteiger partial charge in [-0.1, -0.05) is 16.0 Å². The second-order valence-electron chi connectivity index (χ2n) is 4.86. The molecule has 0 atom stereocenters. The molecule has 0 radical (unpaired) electrons.